The smallest absolute Gasteiger partial charge is 0.358 e. The van der Waals surface area contributed by atoms with E-state index in [9.17, 15) is 14.0 Å². The minimum atomic E-state index is -2.71. The van der Waals surface area contributed by atoms with Gasteiger partial charge in [-0.3, -0.25) is 4.79 Å². The van der Waals surface area contributed by atoms with Crippen LogP contribution in [0.25, 0.3) is 0 Å². The molecule has 1 amide bonds. The van der Waals surface area contributed by atoms with Gasteiger partial charge in [-0.2, -0.15) is 0 Å². The number of anilines is 1. The van der Waals surface area contributed by atoms with Gasteiger partial charge in [0.05, 0.1) is 12.3 Å². The Morgan fingerprint density at radius 1 is 1.47 bits per heavy atom. The molecule has 17 heavy (non-hydrogen) atoms. The van der Waals surface area contributed by atoms with E-state index in [2.05, 4.69) is 4.74 Å². The van der Waals surface area contributed by atoms with Gasteiger partial charge in [0.2, 0.25) is 0 Å². The number of halogens is 1. The zero-order valence-electron chi connectivity index (χ0n) is 9.57. The molecule has 2 rings (SSSR count). The first-order valence-electron chi connectivity index (χ1n) is 5.27. The van der Waals surface area contributed by atoms with Crippen LogP contribution in [0.4, 0.5) is 10.1 Å². The molecule has 1 aromatic carbocycles. The highest BCUT2D eigenvalue weighted by molar-refractivity contribution is 6.18. The number of benzene rings is 1. The molecule has 1 heterocycles. The second-order valence-electron chi connectivity index (χ2n) is 3.76. The summed E-state index contributed by atoms with van der Waals surface area (Å²) < 4.78 is 19.3. The highest BCUT2D eigenvalue weighted by Crippen LogP contribution is 2.42. The summed E-state index contributed by atoms with van der Waals surface area (Å²) in [6.45, 7) is 1.60. The number of carbonyl (C=O) groups excluding carboxylic acids is 2. The number of nitrogens with zero attached hydrogens (tertiary/aromatic N) is 1. The van der Waals surface area contributed by atoms with Gasteiger partial charge in [-0.1, -0.05) is 18.2 Å². The quantitative estimate of drug-likeness (QED) is 0.577. The van der Waals surface area contributed by atoms with E-state index in [1.165, 1.54) is 13.1 Å². The fourth-order valence-electron chi connectivity index (χ4n) is 1.94. The predicted octanol–water partition coefficient (Wildman–Crippen LogP) is 1.39. The largest absolute Gasteiger partial charge is 0.463 e. The first kappa shape index (κ1) is 11.6. The Morgan fingerprint density at radius 3 is 2.76 bits per heavy atom. The third-order valence-corrected chi connectivity index (χ3v) is 2.79. The first-order valence-corrected chi connectivity index (χ1v) is 5.27. The summed E-state index contributed by atoms with van der Waals surface area (Å²) in [5.74, 6) is -2.06. The number of rotatable bonds is 2. The normalized spacial score (nSPS) is 22.5. The Morgan fingerprint density at radius 2 is 2.12 bits per heavy atom. The molecule has 0 bridgehead atoms. The first-order chi connectivity index (χ1) is 8.03. The minimum Gasteiger partial charge on any atom is -0.463 e. The molecule has 1 aliphatic heterocycles. The van der Waals surface area contributed by atoms with Crippen LogP contribution in [0.15, 0.2) is 24.3 Å². The molecule has 1 atom stereocenters. The zero-order valence-corrected chi connectivity index (χ0v) is 9.57. The van der Waals surface area contributed by atoms with Crippen LogP contribution >= 0.6 is 0 Å². The van der Waals surface area contributed by atoms with Crippen molar-refractivity contribution in [2.45, 2.75) is 12.6 Å². The van der Waals surface area contributed by atoms with Crippen molar-refractivity contribution in [1.82, 2.24) is 0 Å². The molecular weight excluding hydrogens is 225 g/mol. The molecule has 0 fully saturated rings. The zero-order chi connectivity index (χ0) is 12.6. The van der Waals surface area contributed by atoms with Gasteiger partial charge in [0.15, 0.2) is 0 Å². The number of esters is 1. The average molecular weight is 237 g/mol. The summed E-state index contributed by atoms with van der Waals surface area (Å²) in [5.41, 5.74) is -2.26. The Bertz CT molecular complexity index is 488. The molecule has 1 unspecified atom stereocenters. The lowest BCUT2D eigenvalue weighted by Crippen LogP contribution is -2.42. The second kappa shape index (κ2) is 3.84. The molecule has 0 saturated carbocycles. The molecule has 4 nitrogen and oxygen atoms in total. The maximum Gasteiger partial charge on any atom is 0.358 e. The third kappa shape index (κ3) is 1.42. The van der Waals surface area contributed by atoms with Gasteiger partial charge in [0.25, 0.3) is 5.91 Å². The number of fused-ring (bicyclic) bond motifs is 1. The van der Waals surface area contributed by atoms with Gasteiger partial charge in [-0.25, -0.2) is 9.18 Å². The molecule has 1 aliphatic rings. The summed E-state index contributed by atoms with van der Waals surface area (Å²) >= 11 is 0. The lowest BCUT2D eigenvalue weighted by molar-refractivity contribution is -0.162. The number of amides is 1. The molecule has 0 radical (unpaired) electrons. The molecule has 90 valence electrons. The van der Waals surface area contributed by atoms with Crippen LogP contribution < -0.4 is 4.90 Å². The molecule has 0 spiro atoms. The number of carbonyl (C=O) groups is 2. The lowest BCUT2D eigenvalue weighted by atomic mass is 9.97. The van der Waals surface area contributed by atoms with Gasteiger partial charge >= 0.3 is 11.6 Å². The Labute approximate surface area is 98.0 Å². The fourth-order valence-corrected chi connectivity index (χ4v) is 1.94. The predicted molar refractivity (Wildman–Crippen MR) is 59.3 cm³/mol. The molecular formula is C12H12FNO3. The van der Waals surface area contributed by atoms with Gasteiger partial charge < -0.3 is 9.64 Å². The fraction of sp³-hybridized carbons (Fsp3) is 0.333. The van der Waals surface area contributed by atoms with E-state index in [0.717, 1.165) is 4.90 Å². The Kier molecular flexibility index (Phi) is 2.61. The molecule has 5 heteroatoms. The van der Waals surface area contributed by atoms with Crippen molar-refractivity contribution in [3.8, 4) is 0 Å². The van der Waals surface area contributed by atoms with Gasteiger partial charge in [0.1, 0.15) is 0 Å². The number of alkyl halides is 1. The van der Waals surface area contributed by atoms with Crippen LogP contribution in [0, 0.1) is 0 Å². The monoisotopic (exact) mass is 237 g/mol. The van der Waals surface area contributed by atoms with Crippen LogP contribution in [-0.2, 0) is 20.0 Å². The number of likely N-dealkylation sites (N-methyl/N-ethyl adjacent to an activating group) is 1. The molecule has 0 saturated heterocycles. The maximum atomic E-state index is 14.7. The summed E-state index contributed by atoms with van der Waals surface area (Å²) in [6.07, 6.45) is 0. The Balaban J connectivity index is 2.55. The standard InChI is InChI=1S/C12H12FNO3/c1-3-17-11(16)12(13)8-6-4-5-7-9(8)14(2)10(12)15/h4-7H,3H2,1-2H3. The van der Waals surface area contributed by atoms with Crippen LogP contribution in [0.3, 0.4) is 0 Å². The van der Waals surface area contributed by atoms with Crippen LogP contribution in [0.2, 0.25) is 0 Å². The van der Waals surface area contributed by atoms with Gasteiger partial charge in [-0.15, -0.1) is 0 Å². The molecule has 1 aromatic rings. The van der Waals surface area contributed by atoms with E-state index >= 15 is 0 Å². The highest BCUT2D eigenvalue weighted by atomic mass is 19.1. The van der Waals surface area contributed by atoms with Crippen molar-refractivity contribution >= 4 is 17.6 Å². The number of para-hydroxylation sites is 1. The van der Waals surface area contributed by atoms with Crippen molar-refractivity contribution in [2.24, 2.45) is 0 Å². The van der Waals surface area contributed by atoms with E-state index in [0.29, 0.717) is 5.69 Å². The van der Waals surface area contributed by atoms with Crippen LogP contribution in [0.1, 0.15) is 12.5 Å². The number of ether oxygens (including phenoxy) is 1. The molecule has 0 N–H and O–H groups in total. The van der Waals surface area contributed by atoms with E-state index in [1.807, 2.05) is 0 Å². The van der Waals surface area contributed by atoms with Crippen LogP contribution in [0.5, 0.6) is 0 Å². The van der Waals surface area contributed by atoms with Crippen molar-refractivity contribution in [2.75, 3.05) is 18.6 Å². The Hall–Kier alpha value is -1.91. The van der Waals surface area contributed by atoms with Gasteiger partial charge in [0, 0.05) is 12.6 Å². The number of hydrogen-bond acceptors (Lipinski definition) is 3. The second-order valence-corrected chi connectivity index (χ2v) is 3.76. The van der Waals surface area contributed by atoms with Crippen molar-refractivity contribution < 1.29 is 18.7 Å². The van der Waals surface area contributed by atoms with E-state index in [4.69, 9.17) is 0 Å². The van der Waals surface area contributed by atoms with Crippen LogP contribution in [-0.4, -0.2) is 25.5 Å². The average Bonchev–Trinajstić information content (AvgIpc) is 2.54. The summed E-state index contributed by atoms with van der Waals surface area (Å²) in [6, 6.07) is 6.28. The van der Waals surface area contributed by atoms with Crippen molar-refractivity contribution in [3.05, 3.63) is 29.8 Å². The maximum absolute atomic E-state index is 14.7. The van der Waals surface area contributed by atoms with E-state index in [1.54, 1.807) is 25.1 Å². The number of hydrogen-bond donors (Lipinski definition) is 0. The molecule has 0 aromatic heterocycles. The summed E-state index contributed by atoms with van der Waals surface area (Å²) in [7, 11) is 1.43. The highest BCUT2D eigenvalue weighted by Gasteiger charge is 2.57. The van der Waals surface area contributed by atoms with Gasteiger partial charge in [-0.05, 0) is 13.0 Å². The minimum absolute atomic E-state index is 0.0314. The SMILES string of the molecule is CCOC(=O)C1(F)C(=O)N(C)c2ccccc21. The van der Waals surface area contributed by atoms with E-state index < -0.39 is 17.5 Å². The van der Waals surface area contributed by atoms with Crippen molar-refractivity contribution in [1.29, 1.82) is 0 Å². The molecule has 0 aliphatic carbocycles. The lowest BCUT2D eigenvalue weighted by Gasteiger charge is -2.16. The topological polar surface area (TPSA) is 46.6 Å². The summed E-state index contributed by atoms with van der Waals surface area (Å²) in [5, 5.41) is 0. The van der Waals surface area contributed by atoms with E-state index in [-0.39, 0.29) is 12.2 Å². The van der Waals surface area contributed by atoms with Crippen molar-refractivity contribution in [3.63, 3.8) is 0 Å². The summed E-state index contributed by atoms with van der Waals surface area (Å²) in [4.78, 5) is 24.6. The third-order valence-electron chi connectivity index (χ3n) is 2.79.